The highest BCUT2D eigenvalue weighted by atomic mass is 32.2. The van der Waals surface area contributed by atoms with Crippen molar-refractivity contribution in [2.45, 2.75) is 32.4 Å². The van der Waals surface area contributed by atoms with Crippen molar-refractivity contribution in [3.8, 4) is 0 Å². The third kappa shape index (κ3) is 3.12. The van der Waals surface area contributed by atoms with Crippen LogP contribution in [0.4, 0.5) is 0 Å². The molecule has 0 amide bonds. The Kier molecular flexibility index (Phi) is 4.07. The van der Waals surface area contributed by atoms with E-state index in [1.807, 2.05) is 12.4 Å². The van der Waals surface area contributed by atoms with Crippen molar-refractivity contribution in [1.29, 1.82) is 0 Å². The fourth-order valence-electron chi connectivity index (χ4n) is 1.95. The van der Waals surface area contributed by atoms with Crippen molar-refractivity contribution in [1.82, 2.24) is 10.3 Å². The lowest BCUT2D eigenvalue weighted by molar-refractivity contribution is 0.474. The van der Waals surface area contributed by atoms with Crippen LogP contribution in [0, 0.1) is 6.92 Å². The Morgan fingerprint density at radius 2 is 2.25 bits per heavy atom. The van der Waals surface area contributed by atoms with Gasteiger partial charge in [0, 0.05) is 47.3 Å². The Hall–Kier alpha value is -0.740. The van der Waals surface area contributed by atoms with Crippen molar-refractivity contribution in [3.63, 3.8) is 0 Å². The molecule has 0 bridgehead atoms. The van der Waals surface area contributed by atoms with E-state index in [1.54, 1.807) is 0 Å². The Balaban J connectivity index is 1.84. The molecule has 16 heavy (non-hydrogen) atoms. The zero-order valence-electron chi connectivity index (χ0n) is 9.61. The number of nitrogens with zero attached hydrogens (tertiary/aromatic N) is 1. The Morgan fingerprint density at radius 3 is 2.94 bits per heavy atom. The minimum atomic E-state index is -0.563. The van der Waals surface area contributed by atoms with E-state index in [2.05, 4.69) is 23.3 Å². The minimum absolute atomic E-state index is 0.533. The van der Waals surface area contributed by atoms with Gasteiger partial charge in [0.2, 0.25) is 0 Å². The smallest absolute Gasteiger partial charge is 0.0300 e. The summed E-state index contributed by atoms with van der Waals surface area (Å²) in [6.07, 6.45) is 5.81. The molecule has 2 heterocycles. The number of aromatic nitrogens is 1. The van der Waals surface area contributed by atoms with Gasteiger partial charge in [0.25, 0.3) is 0 Å². The molecule has 0 spiro atoms. The first-order valence-corrected chi connectivity index (χ1v) is 7.22. The van der Waals surface area contributed by atoms with Gasteiger partial charge >= 0.3 is 0 Å². The molecule has 4 heteroatoms. The number of pyridine rings is 1. The average molecular weight is 238 g/mol. The van der Waals surface area contributed by atoms with Crippen molar-refractivity contribution >= 4 is 10.8 Å². The van der Waals surface area contributed by atoms with Crippen LogP contribution in [-0.4, -0.2) is 26.7 Å². The van der Waals surface area contributed by atoms with Gasteiger partial charge in [0.15, 0.2) is 0 Å². The summed E-state index contributed by atoms with van der Waals surface area (Å²) >= 11 is 0. The average Bonchev–Trinajstić information content (AvgIpc) is 2.30. The second-order valence-corrected chi connectivity index (χ2v) is 6.00. The van der Waals surface area contributed by atoms with Gasteiger partial charge in [-0.15, -0.1) is 0 Å². The molecule has 0 aromatic carbocycles. The van der Waals surface area contributed by atoms with Crippen LogP contribution in [0.15, 0.2) is 18.5 Å². The minimum Gasteiger partial charge on any atom is -0.310 e. The standard InChI is InChI=1S/C12H18N2OS/c1-10-8-13-5-2-11(10)9-14-12-3-6-16(15)7-4-12/h2,5,8,12,14H,3-4,6-7,9H2,1H3. The number of hydrogen-bond donors (Lipinski definition) is 1. The van der Waals surface area contributed by atoms with Crippen LogP contribution in [0.2, 0.25) is 0 Å². The maximum atomic E-state index is 11.2. The Bertz CT molecular complexity index is 371. The third-order valence-electron chi connectivity index (χ3n) is 3.11. The molecule has 0 atom stereocenters. The largest absolute Gasteiger partial charge is 0.310 e. The van der Waals surface area contributed by atoms with Gasteiger partial charge in [0.05, 0.1) is 0 Å². The predicted molar refractivity (Wildman–Crippen MR) is 66.7 cm³/mol. The fourth-order valence-corrected chi connectivity index (χ4v) is 3.25. The molecule has 1 aromatic rings. The van der Waals surface area contributed by atoms with Gasteiger partial charge in [-0.3, -0.25) is 9.19 Å². The van der Waals surface area contributed by atoms with Crippen LogP contribution in [0.25, 0.3) is 0 Å². The second-order valence-electron chi connectivity index (χ2n) is 4.31. The maximum absolute atomic E-state index is 11.2. The predicted octanol–water partition coefficient (Wildman–Crippen LogP) is 1.39. The fraction of sp³-hybridized carbons (Fsp3) is 0.583. The van der Waals surface area contributed by atoms with E-state index in [0.29, 0.717) is 6.04 Å². The van der Waals surface area contributed by atoms with Crippen LogP contribution >= 0.6 is 0 Å². The molecule has 3 nitrogen and oxygen atoms in total. The number of aryl methyl sites for hydroxylation is 1. The normalized spacial score (nSPS) is 25.6. The van der Waals surface area contributed by atoms with Gasteiger partial charge in [-0.05, 0) is 37.0 Å². The SMILES string of the molecule is Cc1cnccc1CNC1CCS(=O)CC1. The summed E-state index contributed by atoms with van der Waals surface area (Å²) in [6, 6.07) is 2.59. The molecule has 1 aliphatic heterocycles. The van der Waals surface area contributed by atoms with Crippen LogP contribution in [0.1, 0.15) is 24.0 Å². The number of hydrogen-bond acceptors (Lipinski definition) is 3. The summed E-state index contributed by atoms with van der Waals surface area (Å²) in [5.41, 5.74) is 2.54. The molecule has 1 N–H and O–H groups in total. The molecule has 2 rings (SSSR count). The van der Waals surface area contributed by atoms with Crippen molar-refractivity contribution < 1.29 is 4.21 Å². The van der Waals surface area contributed by atoms with E-state index in [1.165, 1.54) is 11.1 Å². The van der Waals surface area contributed by atoms with Crippen molar-refractivity contribution in [2.24, 2.45) is 0 Å². The summed E-state index contributed by atoms with van der Waals surface area (Å²) in [6.45, 7) is 2.98. The quantitative estimate of drug-likeness (QED) is 0.865. The molecule has 0 aliphatic carbocycles. The lowest BCUT2D eigenvalue weighted by atomic mass is 10.1. The molecule has 1 saturated heterocycles. The number of nitrogens with one attached hydrogen (secondary N) is 1. The Morgan fingerprint density at radius 1 is 1.50 bits per heavy atom. The first-order chi connectivity index (χ1) is 7.75. The molecule has 0 radical (unpaired) electrons. The topological polar surface area (TPSA) is 42.0 Å². The molecule has 0 unspecified atom stereocenters. The maximum Gasteiger partial charge on any atom is 0.0300 e. The second kappa shape index (κ2) is 5.55. The van der Waals surface area contributed by atoms with Crippen LogP contribution in [0.5, 0.6) is 0 Å². The Labute approximate surface area is 99.1 Å². The van der Waals surface area contributed by atoms with Gasteiger partial charge in [0.1, 0.15) is 0 Å². The molecular weight excluding hydrogens is 220 g/mol. The molecular formula is C12H18N2OS. The third-order valence-corrected chi connectivity index (χ3v) is 4.49. The first-order valence-electron chi connectivity index (χ1n) is 5.73. The highest BCUT2D eigenvalue weighted by molar-refractivity contribution is 7.85. The molecule has 1 aliphatic rings. The van der Waals surface area contributed by atoms with E-state index in [4.69, 9.17) is 0 Å². The van der Waals surface area contributed by atoms with E-state index in [0.717, 1.165) is 30.9 Å². The summed E-state index contributed by atoms with van der Waals surface area (Å²) < 4.78 is 11.2. The highest BCUT2D eigenvalue weighted by Crippen LogP contribution is 2.11. The lowest BCUT2D eigenvalue weighted by Gasteiger charge is -2.22. The molecule has 88 valence electrons. The van der Waals surface area contributed by atoms with Crippen LogP contribution in [0.3, 0.4) is 0 Å². The molecule has 1 aromatic heterocycles. The summed E-state index contributed by atoms with van der Waals surface area (Å²) in [7, 11) is -0.563. The van der Waals surface area contributed by atoms with Crippen molar-refractivity contribution in [3.05, 3.63) is 29.6 Å². The zero-order chi connectivity index (χ0) is 11.4. The van der Waals surface area contributed by atoms with Crippen LogP contribution in [-0.2, 0) is 17.3 Å². The van der Waals surface area contributed by atoms with Gasteiger partial charge in [-0.2, -0.15) is 0 Å². The summed E-state index contributed by atoms with van der Waals surface area (Å²) in [5, 5.41) is 3.54. The monoisotopic (exact) mass is 238 g/mol. The van der Waals surface area contributed by atoms with Gasteiger partial charge in [-0.25, -0.2) is 0 Å². The summed E-state index contributed by atoms with van der Waals surface area (Å²) in [5.74, 6) is 1.71. The number of rotatable bonds is 3. The van der Waals surface area contributed by atoms with E-state index in [9.17, 15) is 4.21 Å². The first kappa shape index (κ1) is 11.7. The van der Waals surface area contributed by atoms with Crippen LogP contribution < -0.4 is 5.32 Å². The van der Waals surface area contributed by atoms with E-state index >= 15 is 0 Å². The van der Waals surface area contributed by atoms with E-state index in [-0.39, 0.29) is 0 Å². The lowest BCUT2D eigenvalue weighted by Crippen LogP contribution is -2.35. The van der Waals surface area contributed by atoms with Crippen molar-refractivity contribution in [2.75, 3.05) is 11.5 Å². The zero-order valence-corrected chi connectivity index (χ0v) is 10.4. The summed E-state index contributed by atoms with van der Waals surface area (Å²) in [4.78, 5) is 4.08. The highest BCUT2D eigenvalue weighted by Gasteiger charge is 2.17. The van der Waals surface area contributed by atoms with E-state index < -0.39 is 10.8 Å². The molecule has 1 fully saturated rings. The molecule has 0 saturated carbocycles. The van der Waals surface area contributed by atoms with Gasteiger partial charge < -0.3 is 5.32 Å². The van der Waals surface area contributed by atoms with Gasteiger partial charge in [-0.1, -0.05) is 0 Å².